The van der Waals surface area contributed by atoms with E-state index in [0.29, 0.717) is 5.92 Å². The molecular formula is C14H24N4. The Kier molecular flexibility index (Phi) is 4.81. The zero-order valence-electron chi connectivity index (χ0n) is 11.3. The van der Waals surface area contributed by atoms with Gasteiger partial charge in [-0.25, -0.2) is 4.98 Å². The van der Waals surface area contributed by atoms with Gasteiger partial charge < -0.3 is 14.8 Å². The normalized spacial score (nSPS) is 17.8. The van der Waals surface area contributed by atoms with Gasteiger partial charge in [-0.2, -0.15) is 0 Å². The Labute approximate surface area is 110 Å². The quantitative estimate of drug-likeness (QED) is 0.751. The molecule has 2 rings (SSSR count). The SMILES string of the molecule is C=CCNc1nccn1CC(C)CN1CCCC1. The van der Waals surface area contributed by atoms with Gasteiger partial charge in [0.05, 0.1) is 0 Å². The van der Waals surface area contributed by atoms with Gasteiger partial charge >= 0.3 is 0 Å². The highest BCUT2D eigenvalue weighted by molar-refractivity contribution is 5.26. The van der Waals surface area contributed by atoms with Crippen LogP contribution in [0.4, 0.5) is 5.95 Å². The van der Waals surface area contributed by atoms with E-state index in [1.165, 1.54) is 32.5 Å². The second kappa shape index (κ2) is 6.59. The molecule has 1 aromatic rings. The predicted octanol–water partition coefficient (Wildman–Crippen LogP) is 2.21. The van der Waals surface area contributed by atoms with Gasteiger partial charge in [-0.15, -0.1) is 6.58 Å². The lowest BCUT2D eigenvalue weighted by molar-refractivity contribution is 0.272. The van der Waals surface area contributed by atoms with Gasteiger partial charge in [-0.05, 0) is 31.8 Å². The number of imidazole rings is 1. The van der Waals surface area contributed by atoms with Crippen LogP contribution in [-0.2, 0) is 6.54 Å². The summed E-state index contributed by atoms with van der Waals surface area (Å²) in [5.41, 5.74) is 0. The maximum Gasteiger partial charge on any atom is 0.203 e. The van der Waals surface area contributed by atoms with Crippen molar-refractivity contribution in [2.75, 3.05) is 31.5 Å². The molecule has 4 heteroatoms. The molecule has 1 fully saturated rings. The number of aromatic nitrogens is 2. The first-order chi connectivity index (χ1) is 8.79. The Bertz CT molecular complexity index is 366. The zero-order chi connectivity index (χ0) is 12.8. The van der Waals surface area contributed by atoms with Gasteiger partial charge in [-0.1, -0.05) is 13.0 Å². The fourth-order valence-electron chi connectivity index (χ4n) is 2.59. The summed E-state index contributed by atoms with van der Waals surface area (Å²) in [5.74, 6) is 1.60. The number of hydrogen-bond acceptors (Lipinski definition) is 3. The smallest absolute Gasteiger partial charge is 0.203 e. The molecular weight excluding hydrogens is 224 g/mol. The van der Waals surface area contributed by atoms with E-state index in [1.54, 1.807) is 0 Å². The summed E-state index contributed by atoms with van der Waals surface area (Å²) >= 11 is 0. The summed E-state index contributed by atoms with van der Waals surface area (Å²) in [6.45, 7) is 11.6. The maximum atomic E-state index is 4.33. The molecule has 1 aliphatic rings. The predicted molar refractivity (Wildman–Crippen MR) is 75.8 cm³/mol. The van der Waals surface area contributed by atoms with E-state index >= 15 is 0 Å². The number of likely N-dealkylation sites (tertiary alicyclic amines) is 1. The van der Waals surface area contributed by atoms with Crippen molar-refractivity contribution in [3.63, 3.8) is 0 Å². The lowest BCUT2D eigenvalue weighted by Gasteiger charge is -2.21. The number of rotatable bonds is 7. The molecule has 100 valence electrons. The summed E-state index contributed by atoms with van der Waals surface area (Å²) in [5, 5.41) is 3.26. The van der Waals surface area contributed by atoms with Crippen LogP contribution in [0.25, 0.3) is 0 Å². The lowest BCUT2D eigenvalue weighted by atomic mass is 10.1. The Hall–Kier alpha value is -1.29. The van der Waals surface area contributed by atoms with E-state index in [2.05, 4.69) is 33.3 Å². The number of nitrogens with zero attached hydrogens (tertiary/aromatic N) is 3. The van der Waals surface area contributed by atoms with Gasteiger partial charge in [0, 0.05) is 32.0 Å². The van der Waals surface area contributed by atoms with Gasteiger partial charge in [-0.3, -0.25) is 0 Å². The first-order valence-corrected chi connectivity index (χ1v) is 6.88. The molecule has 0 aliphatic carbocycles. The summed E-state index contributed by atoms with van der Waals surface area (Å²) in [7, 11) is 0. The Morgan fingerprint density at radius 3 is 2.94 bits per heavy atom. The van der Waals surface area contributed by atoms with E-state index in [1.807, 2.05) is 18.5 Å². The third kappa shape index (κ3) is 3.60. The average Bonchev–Trinajstić information content (AvgIpc) is 2.98. The first-order valence-electron chi connectivity index (χ1n) is 6.88. The minimum atomic E-state index is 0.654. The fraction of sp³-hybridized carbons (Fsp3) is 0.643. The lowest BCUT2D eigenvalue weighted by Crippen LogP contribution is -2.27. The Morgan fingerprint density at radius 2 is 2.22 bits per heavy atom. The maximum absolute atomic E-state index is 4.33. The monoisotopic (exact) mass is 248 g/mol. The van der Waals surface area contributed by atoms with Crippen LogP contribution in [0.3, 0.4) is 0 Å². The molecule has 0 aromatic carbocycles. The Morgan fingerprint density at radius 1 is 1.44 bits per heavy atom. The molecule has 0 radical (unpaired) electrons. The molecule has 1 aliphatic heterocycles. The van der Waals surface area contributed by atoms with Crippen molar-refractivity contribution in [2.24, 2.45) is 5.92 Å². The number of nitrogens with one attached hydrogen (secondary N) is 1. The minimum absolute atomic E-state index is 0.654. The van der Waals surface area contributed by atoms with Gasteiger partial charge in [0.25, 0.3) is 0 Å². The third-order valence-corrected chi connectivity index (χ3v) is 3.40. The third-order valence-electron chi connectivity index (χ3n) is 3.40. The van der Waals surface area contributed by atoms with Crippen molar-refractivity contribution in [3.05, 3.63) is 25.0 Å². The second-order valence-electron chi connectivity index (χ2n) is 5.19. The summed E-state index contributed by atoms with van der Waals surface area (Å²) in [6.07, 6.45) is 8.49. The van der Waals surface area contributed by atoms with Crippen molar-refractivity contribution in [3.8, 4) is 0 Å². The van der Waals surface area contributed by atoms with Crippen LogP contribution in [0, 0.1) is 5.92 Å². The minimum Gasteiger partial charge on any atom is -0.352 e. The number of anilines is 1. The standard InChI is InChI=1S/C14H24N4/c1-3-6-15-14-16-7-10-18(14)12-13(2)11-17-8-4-5-9-17/h3,7,10,13H,1,4-6,8-9,11-12H2,2H3,(H,15,16). The van der Waals surface area contributed by atoms with Crippen molar-refractivity contribution in [2.45, 2.75) is 26.3 Å². The van der Waals surface area contributed by atoms with Crippen molar-refractivity contribution in [1.29, 1.82) is 0 Å². The van der Waals surface area contributed by atoms with Crippen molar-refractivity contribution in [1.82, 2.24) is 14.5 Å². The van der Waals surface area contributed by atoms with Gasteiger partial charge in [0.1, 0.15) is 0 Å². The van der Waals surface area contributed by atoms with E-state index in [-0.39, 0.29) is 0 Å². The highest BCUT2D eigenvalue weighted by Gasteiger charge is 2.15. The van der Waals surface area contributed by atoms with Crippen molar-refractivity contribution >= 4 is 5.95 Å². The van der Waals surface area contributed by atoms with Crippen LogP contribution < -0.4 is 5.32 Å². The largest absolute Gasteiger partial charge is 0.352 e. The molecule has 0 bridgehead atoms. The number of hydrogen-bond donors (Lipinski definition) is 1. The molecule has 1 atom stereocenters. The highest BCUT2D eigenvalue weighted by Crippen LogP contribution is 2.13. The van der Waals surface area contributed by atoms with Gasteiger partial charge in [0.2, 0.25) is 5.95 Å². The molecule has 0 saturated carbocycles. The fourth-order valence-corrected chi connectivity index (χ4v) is 2.59. The van der Waals surface area contributed by atoms with E-state index in [4.69, 9.17) is 0 Å². The van der Waals surface area contributed by atoms with E-state index in [9.17, 15) is 0 Å². The molecule has 1 aromatic heterocycles. The van der Waals surface area contributed by atoms with Crippen LogP contribution in [0.1, 0.15) is 19.8 Å². The van der Waals surface area contributed by atoms with E-state index < -0.39 is 0 Å². The molecule has 1 unspecified atom stereocenters. The molecule has 1 saturated heterocycles. The average molecular weight is 248 g/mol. The molecule has 4 nitrogen and oxygen atoms in total. The molecule has 1 N–H and O–H groups in total. The molecule has 2 heterocycles. The van der Waals surface area contributed by atoms with Gasteiger partial charge in [0.15, 0.2) is 0 Å². The van der Waals surface area contributed by atoms with Crippen molar-refractivity contribution < 1.29 is 0 Å². The first kappa shape index (κ1) is 13.1. The molecule has 0 amide bonds. The van der Waals surface area contributed by atoms with Crippen LogP contribution in [0.5, 0.6) is 0 Å². The Balaban J connectivity index is 1.83. The zero-order valence-corrected chi connectivity index (χ0v) is 11.3. The summed E-state index contributed by atoms with van der Waals surface area (Å²) in [6, 6.07) is 0. The summed E-state index contributed by atoms with van der Waals surface area (Å²) in [4.78, 5) is 6.90. The second-order valence-corrected chi connectivity index (χ2v) is 5.19. The molecule has 18 heavy (non-hydrogen) atoms. The van der Waals surface area contributed by atoms with Crippen LogP contribution in [-0.4, -0.2) is 40.6 Å². The topological polar surface area (TPSA) is 33.1 Å². The van der Waals surface area contributed by atoms with Crippen LogP contribution in [0.2, 0.25) is 0 Å². The van der Waals surface area contributed by atoms with Crippen LogP contribution in [0.15, 0.2) is 25.0 Å². The van der Waals surface area contributed by atoms with Crippen LogP contribution >= 0.6 is 0 Å². The highest BCUT2D eigenvalue weighted by atomic mass is 15.2. The molecule has 0 spiro atoms. The van der Waals surface area contributed by atoms with E-state index in [0.717, 1.165) is 19.0 Å². The summed E-state index contributed by atoms with van der Waals surface area (Å²) < 4.78 is 2.20.